The van der Waals surface area contributed by atoms with E-state index < -0.39 is 0 Å². The van der Waals surface area contributed by atoms with Crippen molar-refractivity contribution < 1.29 is 4.74 Å². The van der Waals surface area contributed by atoms with Crippen LogP contribution < -0.4 is 5.32 Å². The summed E-state index contributed by atoms with van der Waals surface area (Å²) in [5, 5.41) is 3.87. The fourth-order valence-electron chi connectivity index (χ4n) is 3.90. The van der Waals surface area contributed by atoms with E-state index in [9.17, 15) is 0 Å². The minimum atomic E-state index is 0.312. The van der Waals surface area contributed by atoms with Gasteiger partial charge in [-0.2, -0.15) is 11.8 Å². The van der Waals surface area contributed by atoms with Crippen LogP contribution in [0.3, 0.4) is 0 Å². The van der Waals surface area contributed by atoms with Crippen molar-refractivity contribution in [3.63, 3.8) is 0 Å². The van der Waals surface area contributed by atoms with Crippen molar-refractivity contribution in [1.82, 2.24) is 5.32 Å². The molecule has 0 bridgehead atoms. The summed E-state index contributed by atoms with van der Waals surface area (Å²) in [6.07, 6.45) is 6.49. The van der Waals surface area contributed by atoms with Gasteiger partial charge in [0.2, 0.25) is 0 Å². The first kappa shape index (κ1) is 14.7. The van der Waals surface area contributed by atoms with E-state index in [-0.39, 0.29) is 0 Å². The molecule has 1 saturated carbocycles. The van der Waals surface area contributed by atoms with Crippen molar-refractivity contribution in [2.75, 3.05) is 19.4 Å². The molecule has 3 heteroatoms. The van der Waals surface area contributed by atoms with E-state index in [1.165, 1.54) is 19.3 Å². The van der Waals surface area contributed by atoms with Crippen LogP contribution in [0.2, 0.25) is 0 Å². The molecule has 1 heterocycles. The fraction of sp³-hybridized carbons (Fsp3) is 1.00. The van der Waals surface area contributed by atoms with Crippen LogP contribution in [-0.4, -0.2) is 36.3 Å². The van der Waals surface area contributed by atoms with Crippen molar-refractivity contribution >= 4 is 11.8 Å². The average molecular weight is 271 g/mol. The molecule has 2 aliphatic rings. The monoisotopic (exact) mass is 271 g/mol. The highest BCUT2D eigenvalue weighted by molar-refractivity contribution is 8.00. The molecule has 1 aliphatic carbocycles. The summed E-state index contributed by atoms with van der Waals surface area (Å²) in [5.74, 6) is 0.758. The molecular weight excluding hydrogens is 242 g/mol. The smallest absolute Gasteiger partial charge is 0.0685 e. The zero-order chi connectivity index (χ0) is 13.4. The molecule has 0 aromatic rings. The second-order valence-corrected chi connectivity index (χ2v) is 7.79. The first-order valence-electron chi connectivity index (χ1n) is 7.41. The quantitative estimate of drug-likeness (QED) is 0.801. The number of nitrogens with one attached hydrogen (secondary N) is 1. The maximum absolute atomic E-state index is 5.86. The molecule has 3 atom stereocenters. The number of hydrogen-bond acceptors (Lipinski definition) is 3. The summed E-state index contributed by atoms with van der Waals surface area (Å²) < 4.78 is 6.28. The van der Waals surface area contributed by atoms with E-state index in [2.05, 4.69) is 39.3 Å². The van der Waals surface area contributed by atoms with Crippen LogP contribution in [0.15, 0.2) is 0 Å². The second kappa shape index (κ2) is 5.34. The summed E-state index contributed by atoms with van der Waals surface area (Å²) in [7, 11) is 0. The summed E-state index contributed by atoms with van der Waals surface area (Å²) in [6.45, 7) is 11.4. The van der Waals surface area contributed by atoms with E-state index in [0.29, 0.717) is 22.3 Å². The third-order valence-electron chi connectivity index (χ3n) is 5.47. The van der Waals surface area contributed by atoms with E-state index in [1.807, 2.05) is 11.8 Å². The largest absolute Gasteiger partial charge is 0.377 e. The lowest BCUT2D eigenvalue weighted by Gasteiger charge is -2.55. The minimum absolute atomic E-state index is 0.312. The molecule has 3 unspecified atom stereocenters. The Hall–Kier alpha value is 0.270. The Bertz CT molecular complexity index is 280. The van der Waals surface area contributed by atoms with Gasteiger partial charge in [0.05, 0.1) is 6.10 Å². The molecule has 1 aliphatic heterocycles. The summed E-state index contributed by atoms with van der Waals surface area (Å²) in [6, 6.07) is 0.648. The predicted molar refractivity (Wildman–Crippen MR) is 80.2 cm³/mol. The maximum Gasteiger partial charge on any atom is 0.0685 e. The molecule has 0 aromatic carbocycles. The summed E-state index contributed by atoms with van der Waals surface area (Å²) in [5.41, 5.74) is 0.312. The van der Waals surface area contributed by atoms with E-state index >= 15 is 0 Å². The Balaban J connectivity index is 1.94. The van der Waals surface area contributed by atoms with Crippen molar-refractivity contribution in [1.29, 1.82) is 0 Å². The first-order valence-corrected chi connectivity index (χ1v) is 8.63. The number of fused-ring (bicyclic) bond motifs is 1. The average Bonchev–Trinajstić information content (AvgIpc) is 2.82. The van der Waals surface area contributed by atoms with Gasteiger partial charge < -0.3 is 10.1 Å². The predicted octanol–water partition coefficient (Wildman–Crippen LogP) is 3.31. The summed E-state index contributed by atoms with van der Waals surface area (Å²) in [4.78, 5) is 0. The van der Waals surface area contributed by atoms with Gasteiger partial charge in [-0.15, -0.1) is 0 Å². The highest BCUT2D eigenvalue weighted by Gasteiger charge is 2.59. The standard InChI is InChI=1S/C15H29NOS/c1-6-15(7-2,18-5)10-16-12-11-8-9-17-13(11)14(12,3)4/h11-13,16H,6-10H2,1-5H3. The molecule has 2 nitrogen and oxygen atoms in total. The molecule has 18 heavy (non-hydrogen) atoms. The van der Waals surface area contributed by atoms with Crippen LogP contribution in [0.25, 0.3) is 0 Å². The van der Waals surface area contributed by atoms with Gasteiger partial charge >= 0.3 is 0 Å². The zero-order valence-electron chi connectivity index (χ0n) is 12.6. The third kappa shape index (κ3) is 2.23. The van der Waals surface area contributed by atoms with Crippen LogP contribution in [-0.2, 0) is 4.74 Å². The Labute approximate surface area is 117 Å². The molecule has 2 fully saturated rings. The van der Waals surface area contributed by atoms with E-state index in [0.717, 1.165) is 19.1 Å². The first-order chi connectivity index (χ1) is 8.50. The van der Waals surface area contributed by atoms with Crippen molar-refractivity contribution in [3.8, 4) is 0 Å². The Morgan fingerprint density at radius 1 is 1.33 bits per heavy atom. The number of thioether (sulfide) groups is 1. The number of rotatable bonds is 6. The maximum atomic E-state index is 5.86. The molecule has 0 amide bonds. The van der Waals surface area contributed by atoms with Crippen molar-refractivity contribution in [3.05, 3.63) is 0 Å². The van der Waals surface area contributed by atoms with Crippen LogP contribution >= 0.6 is 11.8 Å². The van der Waals surface area contributed by atoms with Gasteiger partial charge in [0.1, 0.15) is 0 Å². The Morgan fingerprint density at radius 3 is 2.56 bits per heavy atom. The minimum Gasteiger partial charge on any atom is -0.377 e. The highest BCUT2D eigenvalue weighted by Crippen LogP contribution is 2.52. The molecule has 1 N–H and O–H groups in total. The van der Waals surface area contributed by atoms with Crippen molar-refractivity contribution in [2.24, 2.45) is 11.3 Å². The van der Waals surface area contributed by atoms with Crippen LogP contribution in [0.5, 0.6) is 0 Å². The van der Waals surface area contributed by atoms with Gasteiger partial charge in [0.15, 0.2) is 0 Å². The van der Waals surface area contributed by atoms with E-state index in [4.69, 9.17) is 4.74 Å². The lowest BCUT2D eigenvalue weighted by molar-refractivity contribution is -0.112. The zero-order valence-corrected chi connectivity index (χ0v) is 13.4. The lowest BCUT2D eigenvalue weighted by Crippen LogP contribution is -2.67. The molecule has 106 valence electrons. The van der Waals surface area contributed by atoms with Crippen LogP contribution in [0.1, 0.15) is 47.0 Å². The second-order valence-electron chi connectivity index (χ2n) is 6.52. The van der Waals surface area contributed by atoms with Gasteiger partial charge in [0, 0.05) is 35.3 Å². The molecular formula is C15H29NOS. The SMILES string of the molecule is CCC(CC)(CNC1C2CCOC2C1(C)C)SC. The van der Waals surface area contributed by atoms with Crippen molar-refractivity contribution in [2.45, 2.75) is 63.9 Å². The van der Waals surface area contributed by atoms with Gasteiger partial charge in [-0.1, -0.05) is 27.7 Å². The topological polar surface area (TPSA) is 21.3 Å². The Morgan fingerprint density at radius 2 is 2.00 bits per heavy atom. The van der Waals surface area contributed by atoms with Gasteiger partial charge in [0.25, 0.3) is 0 Å². The van der Waals surface area contributed by atoms with Gasteiger partial charge in [-0.25, -0.2) is 0 Å². The highest BCUT2D eigenvalue weighted by atomic mass is 32.2. The summed E-state index contributed by atoms with van der Waals surface area (Å²) >= 11 is 2.03. The fourth-order valence-corrected chi connectivity index (χ4v) is 4.70. The molecule has 0 spiro atoms. The number of hydrogen-bond donors (Lipinski definition) is 1. The number of ether oxygens (including phenoxy) is 1. The van der Waals surface area contributed by atoms with Crippen LogP contribution in [0, 0.1) is 11.3 Å². The molecule has 1 saturated heterocycles. The third-order valence-corrected chi connectivity index (χ3v) is 7.05. The normalized spacial score (nSPS) is 34.2. The van der Waals surface area contributed by atoms with Gasteiger partial charge in [-0.3, -0.25) is 0 Å². The molecule has 2 rings (SSSR count). The van der Waals surface area contributed by atoms with Crippen LogP contribution in [0.4, 0.5) is 0 Å². The molecule has 0 aromatic heterocycles. The lowest BCUT2D eigenvalue weighted by atomic mass is 9.57. The van der Waals surface area contributed by atoms with Gasteiger partial charge in [-0.05, 0) is 25.5 Å². The Kier molecular flexibility index (Phi) is 4.35. The van der Waals surface area contributed by atoms with E-state index in [1.54, 1.807) is 0 Å². The molecule has 0 radical (unpaired) electrons.